The Kier molecular flexibility index (Phi) is 5.08. The van der Waals surface area contributed by atoms with Gasteiger partial charge in [0.1, 0.15) is 0 Å². The van der Waals surface area contributed by atoms with E-state index < -0.39 is 0 Å². The van der Waals surface area contributed by atoms with Crippen molar-refractivity contribution in [3.05, 3.63) is 59.9 Å². The first kappa shape index (κ1) is 15.5. The van der Waals surface area contributed by atoms with E-state index in [4.69, 9.17) is 0 Å². The molecule has 2 N–H and O–H groups in total. The highest BCUT2D eigenvalue weighted by molar-refractivity contribution is 5.94. The molecule has 6 heteroatoms. The zero-order valence-corrected chi connectivity index (χ0v) is 12.5. The predicted octanol–water partition coefficient (Wildman–Crippen LogP) is 2.11. The number of rotatable bonds is 4. The van der Waals surface area contributed by atoms with Crippen LogP contribution in [0.25, 0.3) is 0 Å². The molecular formula is C16H18N4O2. The number of hydrogen-bond donors (Lipinski definition) is 2. The van der Waals surface area contributed by atoms with Gasteiger partial charge in [-0.3, -0.25) is 9.78 Å². The van der Waals surface area contributed by atoms with Crippen molar-refractivity contribution in [2.75, 3.05) is 19.4 Å². The van der Waals surface area contributed by atoms with Crippen LogP contribution >= 0.6 is 0 Å². The molecule has 1 heterocycles. The number of nitrogens with one attached hydrogen (secondary N) is 2. The van der Waals surface area contributed by atoms with Crippen LogP contribution in [0.5, 0.6) is 0 Å². The van der Waals surface area contributed by atoms with Crippen molar-refractivity contribution in [2.24, 2.45) is 0 Å². The SMILES string of the molecule is CNC(=O)c1ccc(CN(C)C(=O)Nc2cccnc2)cc1. The van der Waals surface area contributed by atoms with Crippen LogP contribution in [-0.2, 0) is 6.54 Å². The van der Waals surface area contributed by atoms with Crippen LogP contribution in [0.1, 0.15) is 15.9 Å². The summed E-state index contributed by atoms with van der Waals surface area (Å²) in [6.45, 7) is 0.445. The molecule has 0 fully saturated rings. The molecule has 6 nitrogen and oxygen atoms in total. The van der Waals surface area contributed by atoms with Crippen LogP contribution in [0.2, 0.25) is 0 Å². The van der Waals surface area contributed by atoms with Gasteiger partial charge in [-0.15, -0.1) is 0 Å². The van der Waals surface area contributed by atoms with E-state index in [0.29, 0.717) is 17.8 Å². The smallest absolute Gasteiger partial charge is 0.321 e. The van der Waals surface area contributed by atoms with E-state index in [2.05, 4.69) is 15.6 Å². The highest BCUT2D eigenvalue weighted by Crippen LogP contribution is 2.09. The van der Waals surface area contributed by atoms with E-state index in [9.17, 15) is 9.59 Å². The van der Waals surface area contributed by atoms with Crippen LogP contribution < -0.4 is 10.6 Å². The minimum Gasteiger partial charge on any atom is -0.355 e. The lowest BCUT2D eigenvalue weighted by Gasteiger charge is -2.18. The maximum absolute atomic E-state index is 12.1. The minimum absolute atomic E-state index is 0.130. The van der Waals surface area contributed by atoms with E-state index in [1.165, 1.54) is 0 Å². The Balaban J connectivity index is 1.95. The molecule has 3 amide bonds. The lowest BCUT2D eigenvalue weighted by atomic mass is 10.1. The summed E-state index contributed by atoms with van der Waals surface area (Å²) >= 11 is 0. The number of urea groups is 1. The second kappa shape index (κ2) is 7.21. The predicted molar refractivity (Wildman–Crippen MR) is 84.6 cm³/mol. The summed E-state index contributed by atoms with van der Waals surface area (Å²) in [4.78, 5) is 29.0. The van der Waals surface area contributed by atoms with Gasteiger partial charge in [0.25, 0.3) is 5.91 Å². The zero-order valence-electron chi connectivity index (χ0n) is 12.5. The summed E-state index contributed by atoms with van der Waals surface area (Å²) in [5.74, 6) is -0.130. The third kappa shape index (κ3) is 4.05. The van der Waals surface area contributed by atoms with Crippen molar-refractivity contribution in [1.82, 2.24) is 15.2 Å². The molecule has 2 aromatic rings. The summed E-state index contributed by atoms with van der Waals surface area (Å²) in [5.41, 5.74) is 2.18. The Morgan fingerprint density at radius 1 is 1.18 bits per heavy atom. The van der Waals surface area contributed by atoms with Crippen LogP contribution in [0, 0.1) is 0 Å². The standard InChI is InChI=1S/C16H18N4O2/c1-17-15(21)13-7-5-12(6-8-13)11-20(2)16(22)19-14-4-3-9-18-10-14/h3-10H,11H2,1-2H3,(H,17,21)(H,19,22). The van der Waals surface area contributed by atoms with Crippen molar-refractivity contribution in [3.63, 3.8) is 0 Å². The Morgan fingerprint density at radius 3 is 2.50 bits per heavy atom. The topological polar surface area (TPSA) is 74.3 Å². The van der Waals surface area contributed by atoms with Gasteiger partial charge in [0.2, 0.25) is 0 Å². The quantitative estimate of drug-likeness (QED) is 0.908. The Morgan fingerprint density at radius 2 is 1.91 bits per heavy atom. The van der Waals surface area contributed by atoms with E-state index in [0.717, 1.165) is 5.56 Å². The molecule has 2 rings (SSSR count). The van der Waals surface area contributed by atoms with Crippen LogP contribution in [-0.4, -0.2) is 35.9 Å². The fourth-order valence-corrected chi connectivity index (χ4v) is 1.91. The van der Waals surface area contributed by atoms with Gasteiger partial charge in [0.15, 0.2) is 0 Å². The number of nitrogens with zero attached hydrogens (tertiary/aromatic N) is 2. The number of pyridine rings is 1. The van der Waals surface area contributed by atoms with Gasteiger partial charge in [-0.1, -0.05) is 12.1 Å². The summed E-state index contributed by atoms with van der Waals surface area (Å²) < 4.78 is 0. The molecule has 0 radical (unpaired) electrons. The molecule has 0 saturated carbocycles. The van der Waals surface area contributed by atoms with Gasteiger partial charge in [0, 0.05) is 32.4 Å². The van der Waals surface area contributed by atoms with Crippen LogP contribution in [0.15, 0.2) is 48.8 Å². The monoisotopic (exact) mass is 298 g/mol. The van der Waals surface area contributed by atoms with Crippen LogP contribution in [0.3, 0.4) is 0 Å². The lowest BCUT2D eigenvalue weighted by Crippen LogP contribution is -2.30. The molecule has 0 bridgehead atoms. The highest BCUT2D eigenvalue weighted by Gasteiger charge is 2.10. The van der Waals surface area contributed by atoms with E-state index >= 15 is 0 Å². The van der Waals surface area contributed by atoms with E-state index in [1.807, 2.05) is 12.1 Å². The maximum atomic E-state index is 12.1. The molecular weight excluding hydrogens is 280 g/mol. The minimum atomic E-state index is -0.219. The molecule has 0 aliphatic rings. The average Bonchev–Trinajstić information content (AvgIpc) is 2.55. The van der Waals surface area contributed by atoms with Gasteiger partial charge >= 0.3 is 6.03 Å². The Hall–Kier alpha value is -2.89. The third-order valence-corrected chi connectivity index (χ3v) is 3.12. The molecule has 114 valence electrons. The summed E-state index contributed by atoms with van der Waals surface area (Å²) in [6.07, 6.45) is 3.23. The molecule has 1 aromatic heterocycles. The first-order chi connectivity index (χ1) is 10.6. The molecule has 0 aliphatic carbocycles. The Labute approximate surface area is 129 Å². The van der Waals surface area contributed by atoms with E-state index in [-0.39, 0.29) is 11.9 Å². The largest absolute Gasteiger partial charge is 0.355 e. The molecule has 22 heavy (non-hydrogen) atoms. The van der Waals surface area contributed by atoms with Gasteiger partial charge in [0.05, 0.1) is 11.9 Å². The fraction of sp³-hybridized carbons (Fsp3) is 0.188. The summed E-state index contributed by atoms with van der Waals surface area (Å²) in [5, 5.41) is 5.33. The van der Waals surface area contributed by atoms with Crippen molar-refractivity contribution in [3.8, 4) is 0 Å². The number of hydrogen-bond acceptors (Lipinski definition) is 3. The number of benzene rings is 1. The molecule has 0 atom stereocenters. The van der Waals surface area contributed by atoms with Gasteiger partial charge in [-0.2, -0.15) is 0 Å². The molecule has 0 aliphatic heterocycles. The van der Waals surface area contributed by atoms with Crippen molar-refractivity contribution < 1.29 is 9.59 Å². The second-order valence-corrected chi connectivity index (χ2v) is 4.80. The first-order valence-corrected chi connectivity index (χ1v) is 6.83. The van der Waals surface area contributed by atoms with Gasteiger partial charge in [-0.25, -0.2) is 4.79 Å². The first-order valence-electron chi connectivity index (χ1n) is 6.83. The highest BCUT2D eigenvalue weighted by atomic mass is 16.2. The lowest BCUT2D eigenvalue weighted by molar-refractivity contribution is 0.0963. The van der Waals surface area contributed by atoms with Crippen LogP contribution in [0.4, 0.5) is 10.5 Å². The maximum Gasteiger partial charge on any atom is 0.321 e. The third-order valence-electron chi connectivity index (χ3n) is 3.12. The molecule has 1 aromatic carbocycles. The molecule has 0 unspecified atom stereocenters. The number of aromatic nitrogens is 1. The second-order valence-electron chi connectivity index (χ2n) is 4.80. The zero-order chi connectivity index (χ0) is 15.9. The van der Waals surface area contributed by atoms with Crippen molar-refractivity contribution in [1.29, 1.82) is 0 Å². The molecule has 0 spiro atoms. The Bertz CT molecular complexity index is 641. The summed E-state index contributed by atoms with van der Waals surface area (Å²) in [7, 11) is 3.30. The number of anilines is 1. The summed E-state index contributed by atoms with van der Waals surface area (Å²) in [6, 6.07) is 10.5. The number of amides is 3. The fourth-order valence-electron chi connectivity index (χ4n) is 1.91. The number of carbonyl (C=O) groups excluding carboxylic acids is 2. The van der Waals surface area contributed by atoms with Crippen molar-refractivity contribution >= 4 is 17.6 Å². The van der Waals surface area contributed by atoms with Crippen molar-refractivity contribution in [2.45, 2.75) is 6.54 Å². The van der Waals surface area contributed by atoms with Gasteiger partial charge in [-0.05, 0) is 29.8 Å². The average molecular weight is 298 g/mol. The van der Waals surface area contributed by atoms with E-state index in [1.54, 1.807) is 55.7 Å². The van der Waals surface area contributed by atoms with Gasteiger partial charge < -0.3 is 15.5 Å². The number of carbonyl (C=O) groups is 2. The normalized spacial score (nSPS) is 9.91. The molecule has 0 saturated heterocycles.